The second-order valence-corrected chi connectivity index (χ2v) is 5.60. The van der Waals surface area contributed by atoms with Crippen LogP contribution in [0, 0.1) is 17.3 Å². The van der Waals surface area contributed by atoms with Gasteiger partial charge >= 0.3 is 0 Å². The molecule has 0 heterocycles. The molecule has 1 atom stereocenters. The molecule has 1 rings (SSSR count). The first-order valence-electron chi connectivity index (χ1n) is 6.70. The van der Waals surface area contributed by atoms with Crippen molar-refractivity contribution in [1.29, 1.82) is 0 Å². The zero-order valence-electron chi connectivity index (χ0n) is 11.2. The number of hydrogen-bond acceptors (Lipinski definition) is 2. The van der Waals surface area contributed by atoms with Gasteiger partial charge in [0.05, 0.1) is 5.41 Å². The lowest BCUT2D eigenvalue weighted by atomic mass is 9.66. The van der Waals surface area contributed by atoms with Crippen LogP contribution in [-0.2, 0) is 9.22 Å². The predicted octanol–water partition coefficient (Wildman–Crippen LogP) is 2.44. The van der Waals surface area contributed by atoms with Gasteiger partial charge in [0.2, 0.25) is 10.5 Å². The van der Waals surface area contributed by atoms with Crippen molar-refractivity contribution in [1.82, 2.24) is 0 Å². The van der Waals surface area contributed by atoms with Crippen LogP contribution in [0.3, 0.4) is 0 Å². The Morgan fingerprint density at radius 1 is 1.38 bits per heavy atom. The van der Waals surface area contributed by atoms with Crippen LogP contribution in [0.4, 0.5) is 0 Å². The maximum atomic E-state index is 12.1. The molecule has 1 fully saturated rings. The van der Waals surface area contributed by atoms with Crippen LogP contribution >= 0.6 is 0 Å². The maximum Gasteiger partial charge on any atom is 0.298 e. The Labute approximate surface area is 103 Å². The van der Waals surface area contributed by atoms with Crippen LogP contribution in [0.15, 0.2) is 0 Å². The minimum absolute atomic E-state index is 0.0589. The maximum absolute atomic E-state index is 12.1. The molecule has 16 heavy (non-hydrogen) atoms. The van der Waals surface area contributed by atoms with E-state index in [1.165, 1.54) is 25.7 Å². The third-order valence-electron chi connectivity index (χ3n) is 4.83. The summed E-state index contributed by atoms with van der Waals surface area (Å²) in [7, 11) is 0.524. The first kappa shape index (κ1) is 13.8. The molecule has 0 aromatic rings. The van der Waals surface area contributed by atoms with Crippen molar-refractivity contribution in [3.8, 4) is 0 Å². The van der Waals surface area contributed by atoms with E-state index in [1.54, 1.807) is 0 Å². The minimum Gasteiger partial charge on any atom is -0.528 e. The third-order valence-corrected chi connectivity index (χ3v) is 5.20. The Kier molecular flexibility index (Phi) is 5.03. The summed E-state index contributed by atoms with van der Waals surface area (Å²) >= 11 is 0. The highest BCUT2D eigenvalue weighted by Gasteiger charge is 2.44. The van der Waals surface area contributed by atoms with Crippen LogP contribution in [0.2, 0.25) is 0 Å². The molecule has 0 N–H and O–H groups in total. The van der Waals surface area contributed by atoms with Crippen molar-refractivity contribution in [3.63, 3.8) is 0 Å². The summed E-state index contributed by atoms with van der Waals surface area (Å²) in [5.74, 6) is 1.27. The zero-order valence-corrected chi connectivity index (χ0v) is 13.2. The molecule has 0 aliphatic heterocycles. The van der Waals surface area contributed by atoms with Gasteiger partial charge in [-0.15, -0.1) is 0 Å². The van der Waals surface area contributed by atoms with Gasteiger partial charge in [0, 0.05) is 0 Å². The van der Waals surface area contributed by atoms with Gasteiger partial charge in [-0.2, -0.15) is 0 Å². The third kappa shape index (κ3) is 2.34. The Balaban J connectivity index is 2.85. The molecule has 1 aliphatic carbocycles. The van der Waals surface area contributed by atoms with Crippen molar-refractivity contribution in [2.24, 2.45) is 17.3 Å². The highest BCUT2D eigenvalue weighted by atomic mass is 28.2. The van der Waals surface area contributed by atoms with Gasteiger partial charge in [-0.25, -0.2) is 0 Å². The summed E-state index contributed by atoms with van der Waals surface area (Å²) in [6.07, 6.45) is 7.13. The Hall–Kier alpha value is -0.313. The second-order valence-electron chi connectivity index (χ2n) is 5.19. The predicted molar refractivity (Wildman–Crippen MR) is 70.2 cm³/mol. The molecule has 2 nitrogen and oxygen atoms in total. The van der Waals surface area contributed by atoms with Gasteiger partial charge in [-0.3, -0.25) is 4.79 Å². The van der Waals surface area contributed by atoms with Crippen LogP contribution < -0.4 is 0 Å². The fraction of sp³-hybridized carbons (Fsp3) is 0.923. The van der Waals surface area contributed by atoms with E-state index in [1.807, 2.05) is 0 Å². The van der Waals surface area contributed by atoms with E-state index in [9.17, 15) is 4.79 Å². The summed E-state index contributed by atoms with van der Waals surface area (Å²) in [4.78, 5) is 12.1. The highest BCUT2D eigenvalue weighted by Crippen LogP contribution is 2.45. The largest absolute Gasteiger partial charge is 0.528 e. The molecular formula is C13H26O2Si. The number of carbonyl (C=O) groups is 1. The van der Waals surface area contributed by atoms with Crippen LogP contribution in [0.1, 0.15) is 59.3 Å². The van der Waals surface area contributed by atoms with Gasteiger partial charge in [0.15, 0.2) is 0 Å². The molecule has 3 heteroatoms. The Morgan fingerprint density at radius 3 is 2.25 bits per heavy atom. The lowest BCUT2D eigenvalue weighted by Gasteiger charge is -2.38. The summed E-state index contributed by atoms with van der Waals surface area (Å²) < 4.78 is 5.18. The molecular weight excluding hydrogens is 216 g/mol. The van der Waals surface area contributed by atoms with E-state index in [4.69, 9.17) is 4.43 Å². The van der Waals surface area contributed by atoms with Crippen molar-refractivity contribution >= 4 is 16.5 Å². The van der Waals surface area contributed by atoms with Crippen LogP contribution in [0.25, 0.3) is 0 Å². The van der Waals surface area contributed by atoms with E-state index in [2.05, 4.69) is 20.8 Å². The Bertz CT molecular complexity index is 230. The monoisotopic (exact) mass is 242 g/mol. The minimum atomic E-state index is -0.212. The number of carbonyl (C=O) groups excluding carboxylic acids is 1. The molecule has 0 aromatic heterocycles. The van der Waals surface area contributed by atoms with E-state index in [0.29, 0.717) is 16.4 Å². The van der Waals surface area contributed by atoms with Gasteiger partial charge in [-0.1, -0.05) is 46.5 Å². The van der Waals surface area contributed by atoms with Crippen LogP contribution in [0.5, 0.6) is 0 Å². The van der Waals surface area contributed by atoms with Gasteiger partial charge in [0.25, 0.3) is 5.97 Å². The van der Waals surface area contributed by atoms with Gasteiger partial charge in [-0.05, 0) is 24.7 Å². The average Bonchev–Trinajstić information content (AvgIpc) is 2.84. The lowest BCUT2D eigenvalue weighted by molar-refractivity contribution is -0.151. The molecule has 0 spiro atoms. The summed E-state index contributed by atoms with van der Waals surface area (Å²) in [5, 5.41) is 0. The van der Waals surface area contributed by atoms with Gasteiger partial charge in [0.1, 0.15) is 0 Å². The van der Waals surface area contributed by atoms with E-state index in [0.717, 1.165) is 18.8 Å². The van der Waals surface area contributed by atoms with Crippen molar-refractivity contribution in [3.05, 3.63) is 0 Å². The SMILES string of the molecule is CCC(CC)(C(=O)O[SiH3])C(C)C1CCCC1. The van der Waals surface area contributed by atoms with Crippen molar-refractivity contribution in [2.45, 2.75) is 59.3 Å². The zero-order chi connectivity index (χ0) is 12.2. The molecule has 0 bridgehead atoms. The summed E-state index contributed by atoms with van der Waals surface area (Å²) in [6, 6.07) is 0. The number of rotatable bonds is 5. The van der Waals surface area contributed by atoms with Crippen LogP contribution in [-0.4, -0.2) is 16.5 Å². The molecule has 1 aliphatic rings. The highest BCUT2D eigenvalue weighted by molar-refractivity contribution is 6.06. The molecule has 94 valence electrons. The lowest BCUT2D eigenvalue weighted by Crippen LogP contribution is -2.40. The van der Waals surface area contributed by atoms with Crippen molar-refractivity contribution < 1.29 is 9.22 Å². The Morgan fingerprint density at radius 2 is 1.88 bits per heavy atom. The average molecular weight is 242 g/mol. The first-order valence-corrected chi connectivity index (χ1v) is 7.52. The van der Waals surface area contributed by atoms with Gasteiger partial charge < -0.3 is 4.43 Å². The topological polar surface area (TPSA) is 26.3 Å². The standard InChI is InChI=1S/C13H26O2Si/c1-4-13(5-2,12(14)15-16)10(3)11-8-6-7-9-11/h10-11H,4-9H2,1-3,16H3. The number of hydrogen-bond donors (Lipinski definition) is 0. The van der Waals surface area contributed by atoms with E-state index < -0.39 is 0 Å². The summed E-state index contributed by atoms with van der Waals surface area (Å²) in [5.41, 5.74) is -0.212. The van der Waals surface area contributed by atoms with E-state index in [-0.39, 0.29) is 11.4 Å². The smallest absolute Gasteiger partial charge is 0.298 e. The quantitative estimate of drug-likeness (QED) is 0.692. The second kappa shape index (κ2) is 5.85. The molecule has 0 aromatic carbocycles. The molecule has 0 amide bonds. The normalized spacial score (nSPS) is 19.9. The van der Waals surface area contributed by atoms with Crippen molar-refractivity contribution in [2.75, 3.05) is 0 Å². The molecule has 0 saturated heterocycles. The molecule has 0 radical (unpaired) electrons. The van der Waals surface area contributed by atoms with E-state index >= 15 is 0 Å². The molecule has 1 saturated carbocycles. The molecule has 1 unspecified atom stereocenters. The fourth-order valence-electron chi connectivity index (χ4n) is 3.48. The summed E-state index contributed by atoms with van der Waals surface area (Å²) in [6.45, 7) is 6.53. The fourth-order valence-corrected chi connectivity index (χ4v) is 3.89. The first-order chi connectivity index (χ1) is 7.62.